The van der Waals surface area contributed by atoms with Crippen molar-refractivity contribution in [1.82, 2.24) is 9.88 Å². The largest absolute Gasteiger partial charge is 0.496 e. The highest BCUT2D eigenvalue weighted by Gasteiger charge is 2.19. The zero-order valence-corrected chi connectivity index (χ0v) is 19.7. The van der Waals surface area contributed by atoms with Gasteiger partial charge in [-0.25, -0.2) is 0 Å². The van der Waals surface area contributed by atoms with Crippen molar-refractivity contribution < 1.29 is 14.2 Å². The number of rotatable bonds is 7. The molecule has 3 aromatic rings. The number of aromatic nitrogens is 1. The van der Waals surface area contributed by atoms with Gasteiger partial charge in [0.15, 0.2) is 11.5 Å². The van der Waals surface area contributed by atoms with Crippen molar-refractivity contribution in [2.75, 3.05) is 46.3 Å². The van der Waals surface area contributed by atoms with Crippen LogP contribution in [0, 0.1) is 19.8 Å². The van der Waals surface area contributed by atoms with Gasteiger partial charge < -0.3 is 24.4 Å². The van der Waals surface area contributed by atoms with Gasteiger partial charge in [-0.3, -0.25) is 4.98 Å². The quantitative estimate of drug-likeness (QED) is 0.541. The molecule has 0 bridgehead atoms. The van der Waals surface area contributed by atoms with Crippen LogP contribution in [0.2, 0.25) is 0 Å². The molecule has 2 aromatic carbocycles. The Kier molecular flexibility index (Phi) is 6.70. The van der Waals surface area contributed by atoms with Crippen LogP contribution in [0.4, 0.5) is 11.4 Å². The van der Waals surface area contributed by atoms with Crippen LogP contribution in [-0.2, 0) is 0 Å². The van der Waals surface area contributed by atoms with Crippen LogP contribution in [-0.4, -0.2) is 50.8 Å². The van der Waals surface area contributed by atoms with E-state index in [1.807, 2.05) is 30.5 Å². The van der Waals surface area contributed by atoms with E-state index < -0.39 is 0 Å². The molecule has 0 radical (unpaired) electrons. The fraction of sp³-hybridized carbons (Fsp3) is 0.423. The molecule has 4 rings (SSSR count). The minimum absolute atomic E-state index is 0.576. The van der Waals surface area contributed by atoms with Crippen molar-refractivity contribution >= 4 is 22.3 Å². The fourth-order valence-corrected chi connectivity index (χ4v) is 4.30. The summed E-state index contributed by atoms with van der Waals surface area (Å²) in [5, 5.41) is 4.54. The second-order valence-corrected chi connectivity index (χ2v) is 8.70. The molecule has 0 spiro atoms. The number of likely N-dealkylation sites (tertiary alicyclic amines) is 1. The molecule has 0 saturated carbocycles. The standard InChI is InChI=1S/C26H33N3O3/c1-17-12-18(2)24(30-4)14-22(17)28-21-6-9-27-23-15-26(25(31-5)13-20(21)23)32-16-19-7-10-29(3)11-8-19/h6,9,12-15,19H,7-8,10-11,16H2,1-5H3,(H,27,28). The first-order valence-electron chi connectivity index (χ1n) is 11.2. The summed E-state index contributed by atoms with van der Waals surface area (Å²) in [6.07, 6.45) is 4.15. The lowest BCUT2D eigenvalue weighted by Crippen LogP contribution is -2.32. The van der Waals surface area contributed by atoms with Gasteiger partial charge in [0, 0.05) is 35.1 Å². The summed E-state index contributed by atoms with van der Waals surface area (Å²) >= 11 is 0. The first kappa shape index (κ1) is 22.2. The van der Waals surface area contributed by atoms with Crippen LogP contribution >= 0.6 is 0 Å². The van der Waals surface area contributed by atoms with Crippen LogP contribution in [0.15, 0.2) is 36.5 Å². The van der Waals surface area contributed by atoms with E-state index in [1.165, 1.54) is 0 Å². The minimum atomic E-state index is 0.576. The molecule has 170 valence electrons. The molecule has 32 heavy (non-hydrogen) atoms. The summed E-state index contributed by atoms with van der Waals surface area (Å²) < 4.78 is 17.4. The van der Waals surface area contributed by atoms with Crippen LogP contribution in [0.25, 0.3) is 10.9 Å². The first-order valence-corrected chi connectivity index (χ1v) is 11.2. The number of anilines is 2. The van der Waals surface area contributed by atoms with E-state index in [1.54, 1.807) is 14.2 Å². The lowest BCUT2D eigenvalue weighted by atomic mass is 9.98. The van der Waals surface area contributed by atoms with E-state index in [0.717, 1.165) is 76.6 Å². The van der Waals surface area contributed by atoms with Gasteiger partial charge in [0.05, 0.1) is 26.3 Å². The van der Waals surface area contributed by atoms with Crippen LogP contribution in [0.1, 0.15) is 24.0 Å². The van der Waals surface area contributed by atoms with Gasteiger partial charge in [0.25, 0.3) is 0 Å². The molecule has 2 heterocycles. The topological polar surface area (TPSA) is 55.8 Å². The van der Waals surface area contributed by atoms with Gasteiger partial charge in [-0.2, -0.15) is 0 Å². The Morgan fingerprint density at radius 3 is 2.41 bits per heavy atom. The maximum Gasteiger partial charge on any atom is 0.163 e. The number of pyridine rings is 1. The smallest absolute Gasteiger partial charge is 0.163 e. The Balaban J connectivity index is 1.60. The molecule has 1 N–H and O–H groups in total. The summed E-state index contributed by atoms with van der Waals surface area (Å²) in [6, 6.07) is 10.1. The maximum atomic E-state index is 6.21. The molecule has 1 fully saturated rings. The number of fused-ring (bicyclic) bond motifs is 1. The highest BCUT2D eigenvalue weighted by molar-refractivity contribution is 5.95. The second-order valence-electron chi connectivity index (χ2n) is 8.70. The molecule has 1 aliphatic heterocycles. The molecular formula is C26H33N3O3. The van der Waals surface area contributed by atoms with Gasteiger partial charge in [0.1, 0.15) is 5.75 Å². The summed E-state index contributed by atoms with van der Waals surface area (Å²) in [5.41, 5.74) is 5.10. The van der Waals surface area contributed by atoms with Gasteiger partial charge in [-0.15, -0.1) is 0 Å². The Bertz CT molecular complexity index is 1090. The third kappa shape index (κ3) is 4.75. The molecule has 1 aliphatic rings. The third-order valence-corrected chi connectivity index (χ3v) is 6.35. The monoisotopic (exact) mass is 435 g/mol. The summed E-state index contributed by atoms with van der Waals surface area (Å²) in [4.78, 5) is 6.96. The molecule has 0 atom stereocenters. The van der Waals surface area contributed by atoms with Gasteiger partial charge in [-0.1, -0.05) is 6.07 Å². The Morgan fingerprint density at radius 1 is 0.938 bits per heavy atom. The minimum Gasteiger partial charge on any atom is -0.496 e. The van der Waals surface area contributed by atoms with E-state index in [9.17, 15) is 0 Å². The molecular weight excluding hydrogens is 402 g/mol. The summed E-state index contributed by atoms with van der Waals surface area (Å²) in [6.45, 7) is 7.10. The molecule has 1 aromatic heterocycles. The molecule has 0 aliphatic carbocycles. The van der Waals surface area contributed by atoms with Gasteiger partial charge in [0.2, 0.25) is 0 Å². The molecule has 0 unspecified atom stereocenters. The Labute approximate surface area is 190 Å². The number of hydrogen-bond donors (Lipinski definition) is 1. The van der Waals surface area contributed by atoms with Crippen molar-refractivity contribution in [2.24, 2.45) is 5.92 Å². The van der Waals surface area contributed by atoms with E-state index in [4.69, 9.17) is 14.2 Å². The van der Waals surface area contributed by atoms with E-state index in [0.29, 0.717) is 12.5 Å². The number of hydrogen-bond acceptors (Lipinski definition) is 6. The number of aryl methyl sites for hydroxylation is 2. The van der Waals surface area contributed by atoms with Crippen molar-refractivity contribution in [3.63, 3.8) is 0 Å². The van der Waals surface area contributed by atoms with Crippen LogP contribution < -0.4 is 19.5 Å². The zero-order chi connectivity index (χ0) is 22.7. The normalized spacial score (nSPS) is 15.0. The lowest BCUT2D eigenvalue weighted by Gasteiger charge is -2.28. The number of nitrogens with zero attached hydrogens (tertiary/aromatic N) is 2. The Hall–Kier alpha value is -2.99. The summed E-state index contributed by atoms with van der Waals surface area (Å²) in [7, 11) is 5.55. The second kappa shape index (κ2) is 9.65. The number of ether oxygens (including phenoxy) is 3. The van der Waals surface area contributed by atoms with Crippen molar-refractivity contribution in [3.05, 3.63) is 47.7 Å². The molecule has 1 saturated heterocycles. The molecule has 6 nitrogen and oxygen atoms in total. The number of piperidine rings is 1. The van der Waals surface area contributed by atoms with Crippen LogP contribution in [0.5, 0.6) is 17.2 Å². The highest BCUT2D eigenvalue weighted by atomic mass is 16.5. The van der Waals surface area contributed by atoms with E-state index in [2.05, 4.69) is 42.2 Å². The van der Waals surface area contributed by atoms with Crippen molar-refractivity contribution in [3.8, 4) is 17.2 Å². The number of nitrogens with one attached hydrogen (secondary N) is 1. The first-order chi connectivity index (χ1) is 15.5. The Morgan fingerprint density at radius 2 is 1.69 bits per heavy atom. The average molecular weight is 436 g/mol. The van der Waals surface area contributed by atoms with Crippen LogP contribution in [0.3, 0.4) is 0 Å². The lowest BCUT2D eigenvalue weighted by molar-refractivity contribution is 0.157. The van der Waals surface area contributed by atoms with E-state index >= 15 is 0 Å². The van der Waals surface area contributed by atoms with Crippen molar-refractivity contribution in [2.45, 2.75) is 26.7 Å². The third-order valence-electron chi connectivity index (χ3n) is 6.35. The predicted octanol–water partition coefficient (Wildman–Crippen LogP) is 5.33. The molecule has 0 amide bonds. The number of methoxy groups -OCH3 is 2. The molecule has 6 heteroatoms. The SMILES string of the molecule is COc1cc(Nc2ccnc3cc(OCC4CCN(C)CC4)c(OC)cc23)c(C)cc1C. The maximum absolute atomic E-state index is 6.21. The van der Waals surface area contributed by atoms with E-state index in [-0.39, 0.29) is 0 Å². The van der Waals surface area contributed by atoms with Gasteiger partial charge in [-0.05, 0) is 76.0 Å². The van der Waals surface area contributed by atoms with Crippen molar-refractivity contribution in [1.29, 1.82) is 0 Å². The summed E-state index contributed by atoms with van der Waals surface area (Å²) in [5.74, 6) is 2.90. The highest BCUT2D eigenvalue weighted by Crippen LogP contribution is 2.37. The predicted molar refractivity (Wildman–Crippen MR) is 130 cm³/mol. The zero-order valence-electron chi connectivity index (χ0n) is 19.7. The fourth-order valence-electron chi connectivity index (χ4n) is 4.30. The number of benzene rings is 2. The average Bonchev–Trinajstić information content (AvgIpc) is 2.80. The van der Waals surface area contributed by atoms with Gasteiger partial charge >= 0.3 is 0 Å².